The molecule has 1 aliphatic heterocycles. The molecule has 4 heteroatoms. The number of carbonyl (C=O) groups is 1. The highest BCUT2D eigenvalue weighted by molar-refractivity contribution is 7.99. The molecule has 2 N–H and O–H groups in total. The lowest BCUT2D eigenvalue weighted by Gasteiger charge is -2.04. The van der Waals surface area contributed by atoms with Crippen LogP contribution in [0.5, 0.6) is 0 Å². The van der Waals surface area contributed by atoms with Crippen LogP contribution in [0.25, 0.3) is 10.9 Å². The Labute approximate surface area is 114 Å². The Morgan fingerprint density at radius 1 is 0.947 bits per heavy atom. The van der Waals surface area contributed by atoms with Crippen molar-refractivity contribution in [3.63, 3.8) is 0 Å². The van der Waals surface area contributed by atoms with Gasteiger partial charge in [-0.3, -0.25) is 4.79 Å². The zero-order valence-electron chi connectivity index (χ0n) is 9.94. The summed E-state index contributed by atoms with van der Waals surface area (Å²) in [6.07, 6.45) is 0. The average Bonchev–Trinajstić information content (AvgIpc) is 2.73. The number of rotatable bonds is 0. The topological polar surface area (TPSA) is 44.9 Å². The van der Waals surface area contributed by atoms with Gasteiger partial charge in [-0.2, -0.15) is 0 Å². The number of para-hydroxylation sites is 2. The molecule has 0 unspecified atom stereocenters. The molecular formula is C15H10N2OS. The molecule has 0 radical (unpaired) electrons. The van der Waals surface area contributed by atoms with Crippen molar-refractivity contribution in [2.75, 3.05) is 5.32 Å². The van der Waals surface area contributed by atoms with Crippen LogP contribution in [-0.4, -0.2) is 10.9 Å². The van der Waals surface area contributed by atoms with Gasteiger partial charge in [-0.25, -0.2) is 0 Å². The molecule has 0 bridgehead atoms. The third-order valence-corrected chi connectivity index (χ3v) is 4.44. The Hall–Kier alpha value is -2.20. The van der Waals surface area contributed by atoms with E-state index in [-0.39, 0.29) is 5.91 Å². The lowest BCUT2D eigenvalue weighted by Crippen LogP contribution is -2.11. The minimum Gasteiger partial charge on any atom is -0.350 e. The van der Waals surface area contributed by atoms with E-state index in [1.807, 2.05) is 48.5 Å². The van der Waals surface area contributed by atoms with Gasteiger partial charge in [0.2, 0.25) is 0 Å². The van der Waals surface area contributed by atoms with Crippen LogP contribution < -0.4 is 5.32 Å². The highest BCUT2D eigenvalue weighted by Crippen LogP contribution is 2.42. The van der Waals surface area contributed by atoms with Crippen molar-refractivity contribution in [3.8, 4) is 0 Å². The second-order valence-corrected chi connectivity index (χ2v) is 5.48. The maximum absolute atomic E-state index is 12.3. The highest BCUT2D eigenvalue weighted by Gasteiger charge is 2.23. The monoisotopic (exact) mass is 266 g/mol. The second-order valence-electron chi connectivity index (χ2n) is 4.43. The molecular weight excluding hydrogens is 256 g/mol. The van der Waals surface area contributed by atoms with Crippen LogP contribution in [0.3, 0.4) is 0 Å². The largest absolute Gasteiger partial charge is 0.350 e. The van der Waals surface area contributed by atoms with Gasteiger partial charge < -0.3 is 10.3 Å². The molecule has 2 heterocycles. The van der Waals surface area contributed by atoms with Crippen molar-refractivity contribution in [2.45, 2.75) is 9.79 Å². The predicted molar refractivity (Wildman–Crippen MR) is 76.8 cm³/mol. The van der Waals surface area contributed by atoms with E-state index in [0.717, 1.165) is 26.4 Å². The smallest absolute Gasteiger partial charge is 0.273 e. The SMILES string of the molecule is O=C1Nc2ccccc2Sc2c1[nH]c1ccccc21. The minimum absolute atomic E-state index is 0.0800. The van der Waals surface area contributed by atoms with Crippen molar-refractivity contribution >= 4 is 34.3 Å². The molecule has 2 aromatic carbocycles. The number of fused-ring (bicyclic) bond motifs is 4. The standard InChI is InChI=1S/C15H10N2OS/c18-15-13-14(9-5-1-2-6-10(9)16-13)19-12-8-4-3-7-11(12)17-15/h1-8,16H,(H,17,18). The van der Waals surface area contributed by atoms with Crippen LogP contribution in [-0.2, 0) is 0 Å². The first-order chi connectivity index (χ1) is 9.33. The van der Waals surface area contributed by atoms with Crippen molar-refractivity contribution in [1.82, 2.24) is 4.98 Å². The van der Waals surface area contributed by atoms with Gasteiger partial charge in [-0.05, 0) is 18.2 Å². The van der Waals surface area contributed by atoms with Crippen LogP contribution in [0.1, 0.15) is 10.5 Å². The third kappa shape index (κ3) is 1.57. The normalized spacial score (nSPS) is 13.6. The van der Waals surface area contributed by atoms with Gasteiger partial charge in [-0.1, -0.05) is 42.1 Å². The third-order valence-electron chi connectivity index (χ3n) is 3.23. The number of H-pyrrole nitrogens is 1. The van der Waals surface area contributed by atoms with Gasteiger partial charge in [0.25, 0.3) is 5.91 Å². The first kappa shape index (κ1) is 10.7. The fourth-order valence-corrected chi connectivity index (χ4v) is 3.47. The Balaban J connectivity index is 2.01. The van der Waals surface area contributed by atoms with Crippen LogP contribution in [0.2, 0.25) is 0 Å². The van der Waals surface area contributed by atoms with E-state index < -0.39 is 0 Å². The Morgan fingerprint density at radius 2 is 1.74 bits per heavy atom. The number of benzene rings is 2. The van der Waals surface area contributed by atoms with Crippen molar-refractivity contribution in [1.29, 1.82) is 0 Å². The first-order valence-corrected chi connectivity index (χ1v) is 6.83. The molecule has 3 nitrogen and oxygen atoms in total. The van der Waals surface area contributed by atoms with E-state index in [4.69, 9.17) is 0 Å². The quantitative estimate of drug-likeness (QED) is 0.648. The maximum Gasteiger partial charge on any atom is 0.273 e. The van der Waals surface area contributed by atoms with Crippen molar-refractivity contribution < 1.29 is 4.79 Å². The van der Waals surface area contributed by atoms with E-state index in [9.17, 15) is 4.79 Å². The number of aromatic amines is 1. The molecule has 0 atom stereocenters. The molecule has 0 saturated carbocycles. The fourth-order valence-electron chi connectivity index (χ4n) is 2.34. The van der Waals surface area contributed by atoms with Crippen LogP contribution in [0.15, 0.2) is 58.3 Å². The summed E-state index contributed by atoms with van der Waals surface area (Å²) in [5.41, 5.74) is 2.50. The molecule has 1 aliphatic rings. The number of amides is 1. The van der Waals surface area contributed by atoms with E-state index >= 15 is 0 Å². The average molecular weight is 266 g/mol. The number of anilines is 1. The lowest BCUT2D eigenvalue weighted by atomic mass is 10.2. The number of carbonyl (C=O) groups excluding carboxylic acids is 1. The van der Waals surface area contributed by atoms with E-state index in [2.05, 4.69) is 10.3 Å². The van der Waals surface area contributed by atoms with Gasteiger partial charge in [0.05, 0.1) is 10.6 Å². The summed E-state index contributed by atoms with van der Waals surface area (Å²) in [5, 5.41) is 4.04. The molecule has 0 spiro atoms. The Morgan fingerprint density at radius 3 is 2.68 bits per heavy atom. The molecule has 1 amide bonds. The molecule has 19 heavy (non-hydrogen) atoms. The van der Waals surface area contributed by atoms with Gasteiger partial charge in [0, 0.05) is 15.8 Å². The van der Waals surface area contributed by atoms with Crippen molar-refractivity contribution in [2.24, 2.45) is 0 Å². The number of aromatic nitrogens is 1. The van der Waals surface area contributed by atoms with Gasteiger partial charge in [0.1, 0.15) is 5.69 Å². The maximum atomic E-state index is 12.3. The molecule has 92 valence electrons. The van der Waals surface area contributed by atoms with Gasteiger partial charge in [0.15, 0.2) is 0 Å². The predicted octanol–water partition coefficient (Wildman–Crippen LogP) is 3.88. The molecule has 4 rings (SSSR count). The molecule has 0 saturated heterocycles. The summed E-state index contributed by atoms with van der Waals surface area (Å²) < 4.78 is 0. The van der Waals surface area contributed by atoms with E-state index in [0.29, 0.717) is 5.69 Å². The van der Waals surface area contributed by atoms with Gasteiger partial charge in [-0.15, -0.1) is 0 Å². The molecule has 0 fully saturated rings. The van der Waals surface area contributed by atoms with E-state index in [1.54, 1.807) is 11.8 Å². The zero-order chi connectivity index (χ0) is 12.8. The van der Waals surface area contributed by atoms with Crippen LogP contribution in [0.4, 0.5) is 5.69 Å². The van der Waals surface area contributed by atoms with Gasteiger partial charge >= 0.3 is 0 Å². The summed E-state index contributed by atoms with van der Waals surface area (Å²) in [5.74, 6) is -0.0800. The summed E-state index contributed by atoms with van der Waals surface area (Å²) in [6.45, 7) is 0. The number of hydrogen-bond acceptors (Lipinski definition) is 2. The first-order valence-electron chi connectivity index (χ1n) is 6.02. The summed E-state index contributed by atoms with van der Waals surface area (Å²) in [4.78, 5) is 17.6. The van der Waals surface area contributed by atoms with Crippen LogP contribution >= 0.6 is 11.8 Å². The molecule has 3 aromatic rings. The van der Waals surface area contributed by atoms with Crippen molar-refractivity contribution in [3.05, 3.63) is 54.2 Å². The minimum atomic E-state index is -0.0800. The molecule has 0 aliphatic carbocycles. The number of hydrogen-bond donors (Lipinski definition) is 2. The molecule has 1 aromatic heterocycles. The number of nitrogens with one attached hydrogen (secondary N) is 2. The summed E-state index contributed by atoms with van der Waals surface area (Å²) in [7, 11) is 0. The highest BCUT2D eigenvalue weighted by atomic mass is 32.2. The Bertz CT molecular complexity index is 807. The lowest BCUT2D eigenvalue weighted by molar-refractivity contribution is 0.102. The summed E-state index contributed by atoms with van der Waals surface area (Å²) >= 11 is 1.63. The van der Waals surface area contributed by atoms with Crippen LogP contribution in [0, 0.1) is 0 Å². The summed E-state index contributed by atoms with van der Waals surface area (Å²) in [6, 6.07) is 15.9. The second kappa shape index (κ2) is 3.90. The fraction of sp³-hybridized carbons (Fsp3) is 0. The zero-order valence-corrected chi connectivity index (χ0v) is 10.8. The Kier molecular flexibility index (Phi) is 2.19. The van der Waals surface area contributed by atoms with E-state index in [1.165, 1.54) is 0 Å².